The average molecular weight is 383 g/mol. The highest BCUT2D eigenvalue weighted by molar-refractivity contribution is 7.99. The summed E-state index contributed by atoms with van der Waals surface area (Å²) >= 11 is 1.25. The van der Waals surface area contributed by atoms with Gasteiger partial charge >= 0.3 is 6.03 Å². The third-order valence-corrected chi connectivity index (χ3v) is 5.14. The van der Waals surface area contributed by atoms with Gasteiger partial charge in [0, 0.05) is 18.8 Å². The van der Waals surface area contributed by atoms with E-state index < -0.39 is 0 Å². The van der Waals surface area contributed by atoms with Gasteiger partial charge in [0.05, 0.1) is 17.6 Å². The number of imide groups is 1. The summed E-state index contributed by atoms with van der Waals surface area (Å²) in [5.41, 5.74) is 1.72. The lowest BCUT2D eigenvalue weighted by molar-refractivity contribution is -0.124. The Balaban J connectivity index is 1.65. The predicted octanol–water partition coefficient (Wildman–Crippen LogP) is 2.48. The van der Waals surface area contributed by atoms with Crippen LogP contribution in [0.15, 0.2) is 52.2 Å². The van der Waals surface area contributed by atoms with Crippen molar-refractivity contribution in [1.29, 1.82) is 0 Å². The van der Waals surface area contributed by atoms with E-state index in [1.165, 1.54) is 16.7 Å². The molecule has 9 heteroatoms. The van der Waals surface area contributed by atoms with Gasteiger partial charge in [-0.2, -0.15) is 0 Å². The maximum atomic E-state index is 12.3. The van der Waals surface area contributed by atoms with Crippen molar-refractivity contribution < 1.29 is 14.0 Å². The summed E-state index contributed by atoms with van der Waals surface area (Å²) in [6.45, 7) is 2.74. The fraction of sp³-hybridized carbons (Fsp3) is 0.222. The minimum absolute atomic E-state index is 0.1000. The van der Waals surface area contributed by atoms with E-state index in [0.29, 0.717) is 24.1 Å². The molecular weight excluding hydrogens is 366 g/mol. The molecule has 0 aliphatic carbocycles. The molecule has 1 aliphatic rings. The molecule has 8 nitrogen and oxygen atoms in total. The van der Waals surface area contributed by atoms with Gasteiger partial charge < -0.3 is 9.73 Å². The number of aryl methyl sites for hydroxylation is 1. The number of hydrogen-bond acceptors (Lipinski definition) is 6. The topological polar surface area (TPSA) is 93.3 Å². The van der Waals surface area contributed by atoms with E-state index in [9.17, 15) is 9.59 Å². The van der Waals surface area contributed by atoms with E-state index in [1.807, 2.05) is 47.9 Å². The molecule has 1 fully saturated rings. The molecule has 3 amide bonds. The summed E-state index contributed by atoms with van der Waals surface area (Å²) in [7, 11) is 0. The maximum Gasteiger partial charge on any atom is 0.324 e. The van der Waals surface area contributed by atoms with Crippen LogP contribution in [-0.2, 0) is 4.79 Å². The standard InChI is InChI=1S/C18H17N5O3S/c1-12-14(7-10-26-12)16-20-21-18(23(16)13-5-3-2-4-6-13)27-11-15(24)22-9-8-19-17(22)25/h2-7,10H,8-9,11H2,1H3,(H,19,25). The molecule has 0 unspecified atom stereocenters. The Kier molecular flexibility index (Phi) is 4.68. The number of benzene rings is 1. The molecule has 3 aromatic rings. The van der Waals surface area contributed by atoms with Gasteiger partial charge in [0.15, 0.2) is 11.0 Å². The van der Waals surface area contributed by atoms with Crippen molar-refractivity contribution in [3.05, 3.63) is 48.4 Å². The molecule has 2 aromatic heterocycles. The van der Waals surface area contributed by atoms with Gasteiger partial charge in [0.25, 0.3) is 0 Å². The number of aromatic nitrogens is 3. The van der Waals surface area contributed by atoms with Crippen molar-refractivity contribution in [3.63, 3.8) is 0 Å². The number of hydrogen-bond donors (Lipinski definition) is 1. The molecule has 0 spiro atoms. The van der Waals surface area contributed by atoms with Crippen LogP contribution in [-0.4, -0.2) is 50.4 Å². The molecule has 0 atom stereocenters. The van der Waals surface area contributed by atoms with Crippen molar-refractivity contribution in [1.82, 2.24) is 25.0 Å². The first-order valence-corrected chi connectivity index (χ1v) is 9.40. The zero-order valence-electron chi connectivity index (χ0n) is 14.6. The first-order chi connectivity index (χ1) is 13.1. The number of rotatable bonds is 5. The quantitative estimate of drug-likeness (QED) is 0.681. The molecule has 1 aromatic carbocycles. The monoisotopic (exact) mass is 383 g/mol. The fourth-order valence-corrected chi connectivity index (χ4v) is 3.71. The Hall–Kier alpha value is -3.07. The summed E-state index contributed by atoms with van der Waals surface area (Å²) in [5, 5.41) is 11.8. The van der Waals surface area contributed by atoms with Crippen LogP contribution in [0.5, 0.6) is 0 Å². The highest BCUT2D eigenvalue weighted by Gasteiger charge is 2.27. The van der Waals surface area contributed by atoms with Gasteiger partial charge in [-0.05, 0) is 25.1 Å². The first kappa shape index (κ1) is 17.3. The molecule has 0 radical (unpaired) electrons. The van der Waals surface area contributed by atoms with Crippen LogP contribution in [0.2, 0.25) is 0 Å². The normalized spacial score (nSPS) is 13.8. The number of nitrogens with zero attached hydrogens (tertiary/aromatic N) is 4. The second-order valence-electron chi connectivity index (χ2n) is 5.93. The number of amides is 3. The van der Waals surface area contributed by atoms with Gasteiger partial charge in [0.1, 0.15) is 5.76 Å². The number of carbonyl (C=O) groups excluding carboxylic acids is 2. The third-order valence-electron chi connectivity index (χ3n) is 4.23. The van der Waals surface area contributed by atoms with Crippen molar-refractivity contribution in [2.24, 2.45) is 0 Å². The molecule has 1 N–H and O–H groups in total. The van der Waals surface area contributed by atoms with Gasteiger partial charge in [-0.3, -0.25) is 14.3 Å². The van der Waals surface area contributed by atoms with Crippen LogP contribution in [0.3, 0.4) is 0 Å². The minimum Gasteiger partial charge on any atom is -0.469 e. The summed E-state index contributed by atoms with van der Waals surface area (Å²) in [4.78, 5) is 25.2. The van der Waals surface area contributed by atoms with E-state index in [2.05, 4.69) is 15.5 Å². The van der Waals surface area contributed by atoms with Crippen LogP contribution >= 0.6 is 11.8 Å². The summed E-state index contributed by atoms with van der Waals surface area (Å²) in [6.07, 6.45) is 1.61. The Morgan fingerprint density at radius 3 is 2.74 bits per heavy atom. The average Bonchev–Trinajstić information content (AvgIpc) is 3.40. The molecule has 4 rings (SSSR count). The lowest BCUT2D eigenvalue weighted by Gasteiger charge is -2.12. The Labute approximate surface area is 159 Å². The molecule has 3 heterocycles. The predicted molar refractivity (Wildman–Crippen MR) is 99.6 cm³/mol. The van der Waals surface area contributed by atoms with Gasteiger partial charge in [-0.15, -0.1) is 10.2 Å². The first-order valence-electron chi connectivity index (χ1n) is 8.41. The van der Waals surface area contributed by atoms with Crippen LogP contribution in [0.4, 0.5) is 4.79 Å². The molecule has 0 saturated carbocycles. The molecular formula is C18H17N5O3S. The molecule has 1 saturated heterocycles. The van der Waals surface area contributed by atoms with E-state index in [-0.39, 0.29) is 17.7 Å². The van der Waals surface area contributed by atoms with E-state index in [1.54, 1.807) is 6.26 Å². The minimum atomic E-state index is -0.347. The van der Waals surface area contributed by atoms with Crippen LogP contribution < -0.4 is 5.32 Å². The number of furan rings is 1. The summed E-state index contributed by atoms with van der Waals surface area (Å²) in [5.74, 6) is 1.23. The molecule has 138 valence electrons. The zero-order chi connectivity index (χ0) is 18.8. The fourth-order valence-electron chi connectivity index (χ4n) is 2.88. The zero-order valence-corrected chi connectivity index (χ0v) is 15.4. The van der Waals surface area contributed by atoms with Gasteiger partial charge in [0.2, 0.25) is 5.91 Å². The van der Waals surface area contributed by atoms with Crippen LogP contribution in [0.1, 0.15) is 5.76 Å². The van der Waals surface area contributed by atoms with Crippen LogP contribution in [0, 0.1) is 6.92 Å². The van der Waals surface area contributed by atoms with E-state index in [4.69, 9.17) is 4.42 Å². The highest BCUT2D eigenvalue weighted by atomic mass is 32.2. The van der Waals surface area contributed by atoms with Gasteiger partial charge in [-0.1, -0.05) is 30.0 Å². The number of para-hydroxylation sites is 1. The smallest absolute Gasteiger partial charge is 0.324 e. The van der Waals surface area contributed by atoms with Crippen LogP contribution in [0.25, 0.3) is 17.1 Å². The number of nitrogens with one attached hydrogen (secondary N) is 1. The number of urea groups is 1. The highest BCUT2D eigenvalue weighted by Crippen LogP contribution is 2.30. The SMILES string of the molecule is Cc1occc1-c1nnc(SCC(=O)N2CCNC2=O)n1-c1ccccc1. The van der Waals surface area contributed by atoms with Crippen molar-refractivity contribution in [2.45, 2.75) is 12.1 Å². The third kappa shape index (κ3) is 3.33. The van der Waals surface area contributed by atoms with E-state index in [0.717, 1.165) is 17.0 Å². The maximum absolute atomic E-state index is 12.3. The summed E-state index contributed by atoms with van der Waals surface area (Å²) in [6, 6.07) is 11.2. The van der Waals surface area contributed by atoms with Crippen molar-refractivity contribution >= 4 is 23.7 Å². The summed E-state index contributed by atoms with van der Waals surface area (Å²) < 4.78 is 7.29. The lowest BCUT2D eigenvalue weighted by atomic mass is 10.2. The van der Waals surface area contributed by atoms with Crippen molar-refractivity contribution in [3.8, 4) is 17.1 Å². The Bertz CT molecular complexity index is 982. The lowest BCUT2D eigenvalue weighted by Crippen LogP contribution is -2.35. The number of thioether (sulfide) groups is 1. The Morgan fingerprint density at radius 2 is 2.07 bits per heavy atom. The molecule has 1 aliphatic heterocycles. The molecule has 27 heavy (non-hydrogen) atoms. The van der Waals surface area contributed by atoms with Crippen molar-refractivity contribution in [2.75, 3.05) is 18.8 Å². The Morgan fingerprint density at radius 1 is 1.26 bits per heavy atom. The largest absolute Gasteiger partial charge is 0.469 e. The second-order valence-corrected chi connectivity index (χ2v) is 6.88. The van der Waals surface area contributed by atoms with E-state index >= 15 is 0 Å². The molecule has 0 bridgehead atoms. The van der Waals surface area contributed by atoms with Gasteiger partial charge in [-0.25, -0.2) is 4.79 Å². The second kappa shape index (κ2) is 7.28. The number of carbonyl (C=O) groups is 2.